The number of hydrogen-bond donors (Lipinski definition) is 0. The van der Waals surface area contributed by atoms with Crippen LogP contribution in [0.2, 0.25) is 0 Å². The Kier molecular flexibility index (Phi) is 4.65. The highest BCUT2D eigenvalue weighted by Gasteiger charge is 2.31. The van der Waals surface area contributed by atoms with Crippen molar-refractivity contribution in [3.05, 3.63) is 12.4 Å². The molecular formula is C15H23N3O3. The summed E-state index contributed by atoms with van der Waals surface area (Å²) in [7, 11) is 1.54. The SMILES string of the molecule is COc1cncc(OC2CCCN(C(=O)C(C)(C)C)C2)n1. The summed E-state index contributed by atoms with van der Waals surface area (Å²) in [6.07, 6.45) is 4.89. The Morgan fingerprint density at radius 3 is 2.71 bits per heavy atom. The molecule has 6 nitrogen and oxygen atoms in total. The Balaban J connectivity index is 1.99. The summed E-state index contributed by atoms with van der Waals surface area (Å²) in [5, 5.41) is 0. The second-order valence-corrected chi connectivity index (χ2v) is 6.28. The fourth-order valence-corrected chi connectivity index (χ4v) is 2.35. The van der Waals surface area contributed by atoms with Crippen LogP contribution < -0.4 is 9.47 Å². The van der Waals surface area contributed by atoms with Gasteiger partial charge < -0.3 is 14.4 Å². The number of ether oxygens (including phenoxy) is 2. The zero-order valence-corrected chi connectivity index (χ0v) is 13.1. The second-order valence-electron chi connectivity index (χ2n) is 6.28. The zero-order chi connectivity index (χ0) is 15.5. The molecule has 0 bridgehead atoms. The Hall–Kier alpha value is -1.85. The predicted molar refractivity (Wildman–Crippen MR) is 78.3 cm³/mol. The first-order chi connectivity index (χ1) is 9.90. The molecule has 0 aromatic carbocycles. The molecule has 1 unspecified atom stereocenters. The van der Waals surface area contributed by atoms with Crippen molar-refractivity contribution in [1.29, 1.82) is 0 Å². The van der Waals surface area contributed by atoms with E-state index in [0.29, 0.717) is 18.3 Å². The van der Waals surface area contributed by atoms with Crippen molar-refractivity contribution < 1.29 is 14.3 Å². The van der Waals surface area contributed by atoms with Crippen LogP contribution in [0.4, 0.5) is 0 Å². The van der Waals surface area contributed by atoms with Gasteiger partial charge in [0.15, 0.2) is 0 Å². The van der Waals surface area contributed by atoms with Gasteiger partial charge in [-0.25, -0.2) is 0 Å². The first-order valence-corrected chi connectivity index (χ1v) is 7.22. The third-order valence-corrected chi connectivity index (χ3v) is 3.39. The van der Waals surface area contributed by atoms with E-state index in [0.717, 1.165) is 19.4 Å². The standard InChI is InChI=1S/C15H23N3O3/c1-15(2,3)14(19)18-7-5-6-11(10-18)21-13-9-16-8-12(17-13)20-4/h8-9,11H,5-7,10H2,1-4H3. The highest BCUT2D eigenvalue weighted by atomic mass is 16.5. The number of hydrogen-bond acceptors (Lipinski definition) is 5. The van der Waals surface area contributed by atoms with Gasteiger partial charge in [0.1, 0.15) is 6.10 Å². The van der Waals surface area contributed by atoms with Gasteiger partial charge in [-0.2, -0.15) is 4.98 Å². The van der Waals surface area contributed by atoms with Crippen LogP contribution in [0, 0.1) is 5.41 Å². The quantitative estimate of drug-likeness (QED) is 0.851. The van der Waals surface area contributed by atoms with Crippen molar-refractivity contribution in [1.82, 2.24) is 14.9 Å². The molecule has 0 spiro atoms. The minimum atomic E-state index is -0.363. The molecule has 116 valence electrons. The first kappa shape index (κ1) is 15.5. The van der Waals surface area contributed by atoms with E-state index in [4.69, 9.17) is 9.47 Å². The molecule has 1 aromatic rings. The maximum absolute atomic E-state index is 12.3. The molecule has 0 saturated carbocycles. The van der Waals surface area contributed by atoms with Gasteiger partial charge in [-0.3, -0.25) is 9.78 Å². The number of likely N-dealkylation sites (tertiary alicyclic amines) is 1. The largest absolute Gasteiger partial charge is 0.480 e. The fourth-order valence-electron chi connectivity index (χ4n) is 2.35. The Bertz CT molecular complexity index is 499. The minimum absolute atomic E-state index is 0.0496. The molecule has 1 atom stereocenters. The van der Waals surface area contributed by atoms with Crippen LogP contribution in [0.3, 0.4) is 0 Å². The van der Waals surface area contributed by atoms with Crippen LogP contribution in [-0.2, 0) is 4.79 Å². The lowest BCUT2D eigenvalue weighted by Gasteiger charge is -2.36. The highest BCUT2D eigenvalue weighted by molar-refractivity contribution is 5.81. The molecule has 1 saturated heterocycles. The van der Waals surface area contributed by atoms with Crippen LogP contribution in [0.1, 0.15) is 33.6 Å². The summed E-state index contributed by atoms with van der Waals surface area (Å²) in [6.45, 7) is 7.20. The molecule has 0 radical (unpaired) electrons. The average molecular weight is 293 g/mol. The number of rotatable bonds is 3. The first-order valence-electron chi connectivity index (χ1n) is 7.22. The van der Waals surface area contributed by atoms with E-state index in [2.05, 4.69) is 9.97 Å². The molecule has 1 aromatic heterocycles. The number of carbonyl (C=O) groups excluding carboxylic acids is 1. The topological polar surface area (TPSA) is 64.6 Å². The third kappa shape index (κ3) is 4.06. The molecular weight excluding hydrogens is 270 g/mol. The van der Waals surface area contributed by atoms with Crippen molar-refractivity contribution >= 4 is 5.91 Å². The number of carbonyl (C=O) groups is 1. The Morgan fingerprint density at radius 1 is 1.33 bits per heavy atom. The molecule has 6 heteroatoms. The molecule has 1 aliphatic heterocycles. The minimum Gasteiger partial charge on any atom is -0.480 e. The van der Waals surface area contributed by atoms with E-state index < -0.39 is 0 Å². The van der Waals surface area contributed by atoms with Crippen molar-refractivity contribution in [3.63, 3.8) is 0 Å². The number of methoxy groups -OCH3 is 1. The van der Waals surface area contributed by atoms with Gasteiger partial charge in [0.25, 0.3) is 0 Å². The molecule has 1 aliphatic rings. The van der Waals surface area contributed by atoms with Gasteiger partial charge in [0.2, 0.25) is 17.7 Å². The third-order valence-electron chi connectivity index (χ3n) is 3.39. The maximum Gasteiger partial charge on any atom is 0.235 e. The smallest absolute Gasteiger partial charge is 0.235 e. The monoisotopic (exact) mass is 293 g/mol. The van der Waals surface area contributed by atoms with Crippen molar-refractivity contribution in [2.75, 3.05) is 20.2 Å². The second kappa shape index (κ2) is 6.28. The van der Waals surface area contributed by atoms with Crippen LogP contribution in [0.25, 0.3) is 0 Å². The van der Waals surface area contributed by atoms with Crippen LogP contribution >= 0.6 is 0 Å². The Morgan fingerprint density at radius 2 is 2.05 bits per heavy atom. The molecule has 1 amide bonds. The van der Waals surface area contributed by atoms with Crippen LogP contribution in [0.5, 0.6) is 11.8 Å². The molecule has 2 heterocycles. The van der Waals surface area contributed by atoms with Crippen LogP contribution in [-0.4, -0.2) is 47.1 Å². The molecule has 21 heavy (non-hydrogen) atoms. The lowest BCUT2D eigenvalue weighted by molar-refractivity contribution is -0.142. The maximum atomic E-state index is 12.3. The molecule has 0 N–H and O–H groups in total. The summed E-state index contributed by atoms with van der Waals surface area (Å²) >= 11 is 0. The molecule has 1 fully saturated rings. The molecule has 2 rings (SSSR count). The normalized spacial score (nSPS) is 19.2. The van der Waals surface area contributed by atoms with Gasteiger partial charge in [-0.05, 0) is 12.8 Å². The van der Waals surface area contributed by atoms with Crippen molar-refractivity contribution in [2.24, 2.45) is 5.41 Å². The summed E-state index contributed by atoms with van der Waals surface area (Å²) in [4.78, 5) is 22.4. The van der Waals surface area contributed by atoms with E-state index in [9.17, 15) is 4.79 Å². The predicted octanol–water partition coefficient (Wildman–Crippen LogP) is 1.90. The van der Waals surface area contributed by atoms with Crippen LogP contribution in [0.15, 0.2) is 12.4 Å². The van der Waals surface area contributed by atoms with E-state index in [1.54, 1.807) is 6.20 Å². The van der Waals surface area contributed by atoms with E-state index >= 15 is 0 Å². The number of amides is 1. The number of nitrogens with zero attached hydrogens (tertiary/aromatic N) is 3. The van der Waals surface area contributed by atoms with Gasteiger partial charge >= 0.3 is 0 Å². The lowest BCUT2D eigenvalue weighted by Crippen LogP contribution is -2.48. The lowest BCUT2D eigenvalue weighted by atomic mass is 9.93. The van der Waals surface area contributed by atoms with E-state index in [1.165, 1.54) is 13.3 Å². The summed E-state index contributed by atoms with van der Waals surface area (Å²) < 4.78 is 10.9. The zero-order valence-electron chi connectivity index (χ0n) is 13.1. The summed E-state index contributed by atoms with van der Waals surface area (Å²) in [6, 6.07) is 0. The van der Waals surface area contributed by atoms with Gasteiger partial charge in [0.05, 0.1) is 26.0 Å². The van der Waals surface area contributed by atoms with E-state index in [1.807, 2.05) is 25.7 Å². The van der Waals surface area contributed by atoms with Crippen molar-refractivity contribution in [3.8, 4) is 11.8 Å². The van der Waals surface area contributed by atoms with Crippen molar-refractivity contribution in [2.45, 2.75) is 39.7 Å². The van der Waals surface area contributed by atoms with Gasteiger partial charge in [-0.1, -0.05) is 20.8 Å². The highest BCUT2D eigenvalue weighted by Crippen LogP contribution is 2.23. The summed E-state index contributed by atoms with van der Waals surface area (Å²) in [5.74, 6) is 1.02. The number of aromatic nitrogens is 2. The fraction of sp³-hybridized carbons (Fsp3) is 0.667. The molecule has 0 aliphatic carbocycles. The number of piperidine rings is 1. The summed E-state index contributed by atoms with van der Waals surface area (Å²) in [5.41, 5.74) is -0.363. The van der Waals surface area contributed by atoms with Gasteiger partial charge in [0, 0.05) is 12.0 Å². The van der Waals surface area contributed by atoms with E-state index in [-0.39, 0.29) is 17.4 Å². The average Bonchev–Trinajstić information content (AvgIpc) is 2.46. The van der Waals surface area contributed by atoms with Gasteiger partial charge in [-0.15, -0.1) is 0 Å². The Labute approximate surface area is 125 Å².